The van der Waals surface area contributed by atoms with Crippen molar-refractivity contribution in [3.05, 3.63) is 63.6 Å². The van der Waals surface area contributed by atoms with E-state index in [1.54, 1.807) is 18.2 Å². The number of rotatable bonds is 4. The van der Waals surface area contributed by atoms with E-state index in [4.69, 9.17) is 27.9 Å². The second-order valence-electron chi connectivity index (χ2n) is 6.38. The standard InChI is InChI=1S/C20H21Cl2NO2/c1-3-20(4-2)12-17(15-7-5-6-8-18(15)25-20)23-19(24)14-10-9-13(21)11-16(14)22/h5-11,17H,3-4,12H2,1-2H3,(H,23,24)/t17-/m1/s1. The van der Waals surface area contributed by atoms with Crippen LogP contribution in [0.2, 0.25) is 10.0 Å². The van der Waals surface area contributed by atoms with E-state index >= 15 is 0 Å². The minimum atomic E-state index is -0.268. The summed E-state index contributed by atoms with van der Waals surface area (Å²) in [6.07, 6.45) is 2.49. The molecule has 2 aromatic rings. The molecule has 0 aromatic heterocycles. The average molecular weight is 378 g/mol. The maximum atomic E-state index is 12.8. The highest BCUT2D eigenvalue weighted by Gasteiger charge is 2.39. The van der Waals surface area contributed by atoms with Gasteiger partial charge in [-0.1, -0.05) is 55.2 Å². The van der Waals surface area contributed by atoms with Gasteiger partial charge in [-0.25, -0.2) is 0 Å². The molecule has 0 unspecified atom stereocenters. The Kier molecular flexibility index (Phi) is 5.26. The predicted octanol–water partition coefficient (Wildman–Crippen LogP) is 5.81. The quantitative estimate of drug-likeness (QED) is 0.730. The fourth-order valence-corrected chi connectivity index (χ4v) is 3.83. The average Bonchev–Trinajstić information content (AvgIpc) is 2.61. The summed E-state index contributed by atoms with van der Waals surface area (Å²) >= 11 is 12.1. The third-order valence-corrected chi connectivity index (χ3v) is 5.51. The molecule has 1 atom stereocenters. The number of ether oxygens (including phenoxy) is 1. The van der Waals surface area contributed by atoms with Crippen LogP contribution in [0, 0.1) is 0 Å². The summed E-state index contributed by atoms with van der Waals surface area (Å²) in [6.45, 7) is 4.23. The van der Waals surface area contributed by atoms with Crippen molar-refractivity contribution in [1.29, 1.82) is 0 Å². The molecular formula is C20H21Cl2NO2. The van der Waals surface area contributed by atoms with Crippen LogP contribution in [0.25, 0.3) is 0 Å². The lowest BCUT2D eigenvalue weighted by molar-refractivity contribution is 0.0227. The zero-order valence-electron chi connectivity index (χ0n) is 14.3. The van der Waals surface area contributed by atoms with Crippen molar-refractivity contribution in [2.24, 2.45) is 0 Å². The number of hydrogen-bond acceptors (Lipinski definition) is 2. The van der Waals surface area contributed by atoms with Gasteiger partial charge >= 0.3 is 0 Å². The van der Waals surface area contributed by atoms with E-state index < -0.39 is 0 Å². The number of carbonyl (C=O) groups excluding carboxylic acids is 1. The Morgan fingerprint density at radius 3 is 2.60 bits per heavy atom. The van der Waals surface area contributed by atoms with Gasteiger partial charge in [-0.15, -0.1) is 0 Å². The highest BCUT2D eigenvalue weighted by Crippen LogP contribution is 2.42. The number of halogens is 2. The molecule has 132 valence electrons. The molecule has 1 aliphatic heterocycles. The van der Waals surface area contributed by atoms with E-state index in [9.17, 15) is 4.79 Å². The van der Waals surface area contributed by atoms with Crippen molar-refractivity contribution in [2.45, 2.75) is 44.8 Å². The van der Waals surface area contributed by atoms with Crippen LogP contribution >= 0.6 is 23.2 Å². The van der Waals surface area contributed by atoms with Gasteiger partial charge < -0.3 is 10.1 Å². The van der Waals surface area contributed by atoms with E-state index in [1.807, 2.05) is 24.3 Å². The van der Waals surface area contributed by atoms with E-state index in [0.717, 1.165) is 30.6 Å². The number of amides is 1. The summed E-state index contributed by atoms with van der Waals surface area (Å²) in [4.78, 5) is 12.8. The Hall–Kier alpha value is -1.71. The lowest BCUT2D eigenvalue weighted by Gasteiger charge is -2.41. The fraction of sp³-hybridized carbons (Fsp3) is 0.350. The van der Waals surface area contributed by atoms with Gasteiger partial charge in [0, 0.05) is 17.0 Å². The number of benzene rings is 2. The van der Waals surface area contributed by atoms with Crippen LogP contribution in [0.1, 0.15) is 55.1 Å². The van der Waals surface area contributed by atoms with Gasteiger partial charge in [0.05, 0.1) is 16.6 Å². The number of fused-ring (bicyclic) bond motifs is 1. The van der Waals surface area contributed by atoms with Crippen molar-refractivity contribution in [3.8, 4) is 5.75 Å². The third-order valence-electron chi connectivity index (χ3n) is 4.97. The first-order valence-electron chi connectivity index (χ1n) is 8.52. The molecule has 0 radical (unpaired) electrons. The summed E-state index contributed by atoms with van der Waals surface area (Å²) in [7, 11) is 0. The lowest BCUT2D eigenvalue weighted by atomic mass is 9.83. The minimum Gasteiger partial charge on any atom is -0.487 e. The van der Waals surface area contributed by atoms with Gasteiger partial charge in [0.25, 0.3) is 5.91 Å². The first-order valence-corrected chi connectivity index (χ1v) is 9.27. The maximum Gasteiger partial charge on any atom is 0.253 e. The first-order chi connectivity index (χ1) is 12.0. The van der Waals surface area contributed by atoms with Gasteiger partial charge in [-0.3, -0.25) is 4.79 Å². The number of nitrogens with one attached hydrogen (secondary N) is 1. The highest BCUT2D eigenvalue weighted by atomic mass is 35.5. The molecule has 1 amide bonds. The zero-order valence-corrected chi connectivity index (χ0v) is 15.8. The van der Waals surface area contributed by atoms with Crippen molar-refractivity contribution < 1.29 is 9.53 Å². The van der Waals surface area contributed by atoms with Gasteiger partial charge in [0.15, 0.2) is 0 Å². The number of hydrogen-bond donors (Lipinski definition) is 1. The Morgan fingerprint density at radius 2 is 1.92 bits per heavy atom. The summed E-state index contributed by atoms with van der Waals surface area (Å²) in [5.41, 5.74) is 1.16. The minimum absolute atomic E-state index is 0.121. The van der Waals surface area contributed by atoms with Crippen LogP contribution < -0.4 is 10.1 Å². The Balaban J connectivity index is 1.91. The van der Waals surface area contributed by atoms with E-state index in [-0.39, 0.29) is 17.6 Å². The molecule has 3 nitrogen and oxygen atoms in total. The van der Waals surface area contributed by atoms with Crippen LogP contribution in [0.15, 0.2) is 42.5 Å². The second-order valence-corrected chi connectivity index (χ2v) is 7.23. The fourth-order valence-electron chi connectivity index (χ4n) is 3.34. The van der Waals surface area contributed by atoms with Gasteiger partial charge in [-0.2, -0.15) is 0 Å². The van der Waals surface area contributed by atoms with Gasteiger partial charge in [-0.05, 0) is 37.1 Å². The summed E-state index contributed by atoms with van der Waals surface area (Å²) in [5, 5.41) is 3.99. The Bertz CT molecular complexity index is 787. The Morgan fingerprint density at radius 1 is 1.20 bits per heavy atom. The third kappa shape index (κ3) is 3.63. The molecule has 1 heterocycles. The van der Waals surface area contributed by atoms with Gasteiger partial charge in [0.1, 0.15) is 11.4 Å². The topological polar surface area (TPSA) is 38.3 Å². The van der Waals surface area contributed by atoms with Crippen molar-refractivity contribution in [1.82, 2.24) is 5.32 Å². The molecule has 0 aliphatic carbocycles. The lowest BCUT2D eigenvalue weighted by Crippen LogP contribution is -2.44. The second kappa shape index (κ2) is 7.27. The van der Waals surface area contributed by atoms with Crippen LogP contribution in [-0.4, -0.2) is 11.5 Å². The molecule has 25 heavy (non-hydrogen) atoms. The van der Waals surface area contributed by atoms with Crippen LogP contribution in [0.5, 0.6) is 5.75 Å². The van der Waals surface area contributed by atoms with Crippen molar-refractivity contribution in [3.63, 3.8) is 0 Å². The van der Waals surface area contributed by atoms with Gasteiger partial charge in [0.2, 0.25) is 0 Å². The molecule has 0 bridgehead atoms. The molecule has 0 fully saturated rings. The molecule has 0 saturated heterocycles. The predicted molar refractivity (Wildman–Crippen MR) is 102 cm³/mol. The monoisotopic (exact) mass is 377 g/mol. The smallest absolute Gasteiger partial charge is 0.253 e. The Labute approximate surface area is 158 Å². The van der Waals surface area contributed by atoms with E-state index in [1.165, 1.54) is 0 Å². The summed E-state index contributed by atoms with van der Waals surface area (Å²) in [6, 6.07) is 12.7. The van der Waals surface area contributed by atoms with E-state index in [0.29, 0.717) is 15.6 Å². The van der Waals surface area contributed by atoms with Crippen LogP contribution in [0.3, 0.4) is 0 Å². The molecule has 5 heteroatoms. The molecule has 1 aliphatic rings. The van der Waals surface area contributed by atoms with Crippen molar-refractivity contribution >= 4 is 29.1 Å². The molecular weight excluding hydrogens is 357 g/mol. The van der Waals surface area contributed by atoms with Crippen molar-refractivity contribution in [2.75, 3.05) is 0 Å². The van der Waals surface area contributed by atoms with E-state index in [2.05, 4.69) is 19.2 Å². The summed E-state index contributed by atoms with van der Waals surface area (Å²) in [5.74, 6) is 0.634. The normalized spacial score (nSPS) is 18.2. The summed E-state index contributed by atoms with van der Waals surface area (Å²) < 4.78 is 6.28. The van der Waals surface area contributed by atoms with Crippen LogP contribution in [-0.2, 0) is 0 Å². The molecule has 3 rings (SSSR count). The largest absolute Gasteiger partial charge is 0.487 e. The maximum absolute atomic E-state index is 12.8. The molecule has 0 spiro atoms. The highest BCUT2D eigenvalue weighted by molar-refractivity contribution is 6.36. The molecule has 0 saturated carbocycles. The number of carbonyl (C=O) groups is 1. The SMILES string of the molecule is CCC1(CC)C[C@@H](NC(=O)c2ccc(Cl)cc2Cl)c2ccccc2O1. The first kappa shape index (κ1) is 18.1. The molecule has 2 aromatic carbocycles. The molecule has 1 N–H and O–H groups in total. The zero-order chi connectivity index (χ0) is 18.0. The van der Waals surface area contributed by atoms with Crippen LogP contribution in [0.4, 0.5) is 0 Å². The number of para-hydroxylation sites is 1.